The van der Waals surface area contributed by atoms with Crippen molar-refractivity contribution in [2.45, 2.75) is 33.4 Å². The molecule has 0 saturated heterocycles. The van der Waals surface area contributed by atoms with Crippen LogP contribution in [0.3, 0.4) is 0 Å². The molecule has 0 aliphatic carbocycles. The number of amides is 2. The van der Waals surface area contributed by atoms with E-state index in [0.29, 0.717) is 22.3 Å². The molecule has 1 N–H and O–H groups in total. The lowest BCUT2D eigenvalue weighted by Crippen LogP contribution is -2.51. The van der Waals surface area contributed by atoms with Crippen LogP contribution in [0.5, 0.6) is 0 Å². The third-order valence-electron chi connectivity index (χ3n) is 4.89. The topological polar surface area (TPSA) is 86.8 Å². The summed E-state index contributed by atoms with van der Waals surface area (Å²) in [6.45, 7) is 5.64. The van der Waals surface area contributed by atoms with Gasteiger partial charge in [-0.15, -0.1) is 0 Å². The molecule has 10 heteroatoms. The summed E-state index contributed by atoms with van der Waals surface area (Å²) in [4.78, 5) is 27.5. The molecule has 33 heavy (non-hydrogen) atoms. The Kier molecular flexibility index (Phi) is 9.57. The van der Waals surface area contributed by atoms with Gasteiger partial charge in [0.05, 0.1) is 11.9 Å². The van der Waals surface area contributed by atoms with Crippen LogP contribution < -0.4 is 9.62 Å². The Morgan fingerprint density at radius 1 is 1.00 bits per heavy atom. The van der Waals surface area contributed by atoms with Gasteiger partial charge in [0.2, 0.25) is 21.8 Å². The normalized spacial score (nSPS) is 12.3. The molecule has 1 atom stereocenters. The maximum absolute atomic E-state index is 13.4. The van der Waals surface area contributed by atoms with Gasteiger partial charge < -0.3 is 10.2 Å². The molecule has 0 aliphatic heterocycles. The summed E-state index contributed by atoms with van der Waals surface area (Å²) < 4.78 is 26.0. The molecule has 2 amide bonds. The first kappa shape index (κ1) is 27.0. The number of hydrogen-bond donors (Lipinski definition) is 1. The van der Waals surface area contributed by atoms with Crippen LogP contribution in [-0.2, 0) is 26.2 Å². The molecule has 0 heterocycles. The van der Waals surface area contributed by atoms with Gasteiger partial charge in [0.25, 0.3) is 0 Å². The molecule has 0 aromatic heterocycles. The quantitative estimate of drug-likeness (QED) is 0.520. The van der Waals surface area contributed by atoms with Crippen molar-refractivity contribution in [2.24, 2.45) is 5.92 Å². The highest BCUT2D eigenvalue weighted by molar-refractivity contribution is 7.92. The van der Waals surface area contributed by atoms with Crippen molar-refractivity contribution in [1.82, 2.24) is 10.2 Å². The largest absolute Gasteiger partial charge is 0.354 e. The Morgan fingerprint density at radius 3 is 2.18 bits per heavy atom. The molecule has 7 nitrogen and oxygen atoms in total. The number of carbonyl (C=O) groups is 2. The minimum absolute atomic E-state index is 0.0911. The lowest BCUT2D eigenvalue weighted by atomic mass is 10.1. The first-order chi connectivity index (χ1) is 15.4. The predicted octanol–water partition coefficient (Wildman–Crippen LogP) is 3.95. The highest BCUT2D eigenvalue weighted by Crippen LogP contribution is 2.22. The molecule has 2 aromatic rings. The molecule has 1 unspecified atom stereocenters. The highest BCUT2D eigenvalue weighted by atomic mass is 35.5. The van der Waals surface area contributed by atoms with E-state index in [2.05, 4.69) is 5.32 Å². The molecular formula is C23H29Cl2N3O4S. The Hall–Kier alpha value is -2.29. The average molecular weight is 514 g/mol. The van der Waals surface area contributed by atoms with E-state index in [4.69, 9.17) is 23.2 Å². The minimum Gasteiger partial charge on any atom is -0.354 e. The van der Waals surface area contributed by atoms with Crippen LogP contribution in [-0.4, -0.2) is 50.5 Å². The van der Waals surface area contributed by atoms with Crippen LogP contribution in [0, 0.1) is 5.92 Å². The maximum atomic E-state index is 13.4. The van der Waals surface area contributed by atoms with E-state index in [9.17, 15) is 18.0 Å². The van der Waals surface area contributed by atoms with Crippen LogP contribution in [0.15, 0.2) is 48.5 Å². The molecule has 0 fully saturated rings. The van der Waals surface area contributed by atoms with Crippen molar-refractivity contribution >= 4 is 50.7 Å². The number of nitrogens with zero attached hydrogens (tertiary/aromatic N) is 2. The van der Waals surface area contributed by atoms with E-state index < -0.39 is 28.5 Å². The van der Waals surface area contributed by atoms with E-state index >= 15 is 0 Å². The maximum Gasteiger partial charge on any atom is 0.244 e. The fraction of sp³-hybridized carbons (Fsp3) is 0.391. The smallest absolute Gasteiger partial charge is 0.244 e. The number of hydrogen-bond acceptors (Lipinski definition) is 4. The van der Waals surface area contributed by atoms with Gasteiger partial charge in [0.1, 0.15) is 12.6 Å². The summed E-state index contributed by atoms with van der Waals surface area (Å²) in [7, 11) is -3.79. The standard InChI is InChI=1S/C23H29Cl2N3O4S/c1-16(2)13-26-23(30)17(3)27(14-18-6-5-7-20(25)12-18)22(29)15-28(33(4,31)32)21-10-8-19(24)9-11-21/h5-12,16-17H,13-15H2,1-4H3,(H,26,30). The summed E-state index contributed by atoms with van der Waals surface area (Å²) >= 11 is 12.0. The fourth-order valence-electron chi connectivity index (χ4n) is 3.09. The third-order valence-corrected chi connectivity index (χ3v) is 6.52. The average Bonchev–Trinajstić information content (AvgIpc) is 2.73. The zero-order chi connectivity index (χ0) is 24.8. The van der Waals surface area contributed by atoms with Crippen molar-refractivity contribution < 1.29 is 18.0 Å². The Labute approximate surface area is 205 Å². The monoisotopic (exact) mass is 513 g/mol. The highest BCUT2D eigenvalue weighted by Gasteiger charge is 2.30. The van der Waals surface area contributed by atoms with Gasteiger partial charge in [-0.05, 0) is 54.8 Å². The number of rotatable bonds is 10. The summed E-state index contributed by atoms with van der Waals surface area (Å²) in [5, 5.41) is 3.77. The molecule has 0 spiro atoms. The second kappa shape index (κ2) is 11.7. The molecule has 2 aromatic carbocycles. The van der Waals surface area contributed by atoms with Gasteiger partial charge in [-0.25, -0.2) is 8.42 Å². The van der Waals surface area contributed by atoms with Crippen molar-refractivity contribution in [3.8, 4) is 0 Å². The van der Waals surface area contributed by atoms with Gasteiger partial charge in [0.15, 0.2) is 0 Å². The van der Waals surface area contributed by atoms with E-state index in [1.807, 2.05) is 13.8 Å². The van der Waals surface area contributed by atoms with E-state index in [1.165, 1.54) is 17.0 Å². The molecule has 2 rings (SSSR count). The number of sulfonamides is 1. The number of carbonyl (C=O) groups excluding carboxylic acids is 2. The Balaban J connectivity index is 2.35. The van der Waals surface area contributed by atoms with Crippen LogP contribution in [0.1, 0.15) is 26.3 Å². The molecule has 0 aliphatic rings. The summed E-state index contributed by atoms with van der Waals surface area (Å²) in [5.41, 5.74) is 1.02. The van der Waals surface area contributed by atoms with Gasteiger partial charge in [-0.1, -0.05) is 49.2 Å². The molecule has 0 radical (unpaired) electrons. The summed E-state index contributed by atoms with van der Waals surface area (Å²) in [5.74, 6) is -0.608. The van der Waals surface area contributed by atoms with Gasteiger partial charge in [-0.2, -0.15) is 0 Å². The first-order valence-corrected chi connectivity index (χ1v) is 13.0. The van der Waals surface area contributed by atoms with Gasteiger partial charge in [-0.3, -0.25) is 13.9 Å². The number of anilines is 1. The van der Waals surface area contributed by atoms with Crippen LogP contribution in [0.4, 0.5) is 5.69 Å². The Morgan fingerprint density at radius 2 is 1.64 bits per heavy atom. The zero-order valence-electron chi connectivity index (χ0n) is 19.1. The second-order valence-electron chi connectivity index (χ2n) is 8.21. The number of benzene rings is 2. The molecule has 180 valence electrons. The number of halogens is 2. The Bertz CT molecular complexity index is 1080. The lowest BCUT2D eigenvalue weighted by Gasteiger charge is -2.31. The van der Waals surface area contributed by atoms with Gasteiger partial charge in [0, 0.05) is 23.1 Å². The summed E-state index contributed by atoms with van der Waals surface area (Å²) in [6.07, 6.45) is 1.02. The van der Waals surface area contributed by atoms with Crippen LogP contribution in [0.25, 0.3) is 0 Å². The van der Waals surface area contributed by atoms with Crippen LogP contribution in [0.2, 0.25) is 10.0 Å². The van der Waals surface area contributed by atoms with Crippen molar-refractivity contribution in [2.75, 3.05) is 23.7 Å². The van der Waals surface area contributed by atoms with Crippen molar-refractivity contribution in [3.05, 3.63) is 64.1 Å². The third kappa shape index (κ3) is 8.21. The lowest BCUT2D eigenvalue weighted by molar-refractivity contribution is -0.139. The predicted molar refractivity (Wildman–Crippen MR) is 133 cm³/mol. The van der Waals surface area contributed by atoms with Gasteiger partial charge >= 0.3 is 0 Å². The first-order valence-electron chi connectivity index (χ1n) is 10.4. The number of nitrogens with one attached hydrogen (secondary N) is 1. The zero-order valence-corrected chi connectivity index (χ0v) is 21.4. The van der Waals surface area contributed by atoms with E-state index in [-0.39, 0.29) is 18.4 Å². The SMILES string of the molecule is CC(C)CNC(=O)C(C)N(Cc1cccc(Cl)c1)C(=O)CN(c1ccc(Cl)cc1)S(C)(=O)=O. The molecule has 0 saturated carbocycles. The molecular weight excluding hydrogens is 485 g/mol. The van der Waals surface area contributed by atoms with E-state index in [0.717, 1.165) is 16.1 Å². The van der Waals surface area contributed by atoms with Crippen LogP contribution >= 0.6 is 23.2 Å². The van der Waals surface area contributed by atoms with Crippen molar-refractivity contribution in [1.29, 1.82) is 0 Å². The summed E-state index contributed by atoms with van der Waals surface area (Å²) in [6, 6.07) is 12.3. The minimum atomic E-state index is -3.79. The fourth-order valence-corrected chi connectivity index (χ4v) is 4.28. The van der Waals surface area contributed by atoms with Crippen molar-refractivity contribution in [3.63, 3.8) is 0 Å². The second-order valence-corrected chi connectivity index (χ2v) is 11.0. The molecule has 0 bridgehead atoms. The van der Waals surface area contributed by atoms with E-state index in [1.54, 1.807) is 43.3 Å².